The van der Waals surface area contributed by atoms with Gasteiger partial charge in [-0.2, -0.15) is 10.4 Å². The zero-order valence-electron chi connectivity index (χ0n) is 14.5. The summed E-state index contributed by atoms with van der Waals surface area (Å²) >= 11 is 0. The average Bonchev–Trinajstić information content (AvgIpc) is 3.17. The monoisotopic (exact) mass is 340 g/mol. The Kier molecular flexibility index (Phi) is 3.98. The van der Waals surface area contributed by atoms with Crippen molar-refractivity contribution < 1.29 is 1.43 Å². The van der Waals surface area contributed by atoms with Crippen molar-refractivity contribution >= 4 is 11.0 Å². The molecule has 4 heteroatoms. The van der Waals surface area contributed by atoms with Crippen LogP contribution in [-0.2, 0) is 11.8 Å². The standard InChI is InChI=1S/C22H18N4.H2/c1-22(15-23,13-16-6-3-2-4-7-16)18-9-5-8-17(12-18)19-10-11-24-21-20(19)14-25-26-21;/h2-12,14H,13H2,1H3,(H,24,25,26);1H. The Morgan fingerprint density at radius 3 is 2.77 bits per heavy atom. The van der Waals surface area contributed by atoms with Crippen LogP contribution in [0.5, 0.6) is 0 Å². The van der Waals surface area contributed by atoms with Crippen LogP contribution in [0.2, 0.25) is 0 Å². The van der Waals surface area contributed by atoms with E-state index in [-0.39, 0.29) is 1.43 Å². The largest absolute Gasteiger partial charge is 0.261 e. The van der Waals surface area contributed by atoms with Gasteiger partial charge in [0.2, 0.25) is 0 Å². The minimum absolute atomic E-state index is 0. The van der Waals surface area contributed by atoms with Crippen molar-refractivity contribution in [3.8, 4) is 17.2 Å². The number of rotatable bonds is 4. The van der Waals surface area contributed by atoms with Crippen molar-refractivity contribution in [2.45, 2.75) is 18.8 Å². The van der Waals surface area contributed by atoms with Crippen LogP contribution in [-0.4, -0.2) is 15.2 Å². The van der Waals surface area contributed by atoms with Crippen LogP contribution in [0.4, 0.5) is 0 Å². The summed E-state index contributed by atoms with van der Waals surface area (Å²) in [6.07, 6.45) is 4.24. The molecule has 0 aliphatic rings. The fourth-order valence-electron chi connectivity index (χ4n) is 3.34. The molecule has 1 unspecified atom stereocenters. The fraction of sp³-hybridized carbons (Fsp3) is 0.136. The fourth-order valence-corrected chi connectivity index (χ4v) is 3.34. The first kappa shape index (κ1) is 16.0. The molecule has 4 aromatic rings. The summed E-state index contributed by atoms with van der Waals surface area (Å²) in [7, 11) is 0. The first-order chi connectivity index (χ1) is 12.7. The van der Waals surface area contributed by atoms with Gasteiger partial charge in [-0.15, -0.1) is 0 Å². The number of pyridine rings is 1. The van der Waals surface area contributed by atoms with Crippen LogP contribution in [0.1, 0.15) is 19.5 Å². The van der Waals surface area contributed by atoms with Crippen molar-refractivity contribution in [1.82, 2.24) is 15.2 Å². The molecule has 1 atom stereocenters. The molecular formula is C22H20N4. The van der Waals surface area contributed by atoms with E-state index in [2.05, 4.69) is 45.5 Å². The molecule has 0 radical (unpaired) electrons. The van der Waals surface area contributed by atoms with Crippen LogP contribution in [0.15, 0.2) is 73.1 Å². The lowest BCUT2D eigenvalue weighted by Gasteiger charge is -2.23. The van der Waals surface area contributed by atoms with Crippen molar-refractivity contribution in [1.29, 1.82) is 5.26 Å². The normalized spacial score (nSPS) is 13.2. The van der Waals surface area contributed by atoms with E-state index in [0.29, 0.717) is 6.42 Å². The average molecular weight is 340 g/mol. The van der Waals surface area contributed by atoms with Crippen LogP contribution in [0, 0.1) is 11.3 Å². The highest BCUT2D eigenvalue weighted by Crippen LogP contribution is 2.32. The van der Waals surface area contributed by atoms with E-state index in [1.165, 1.54) is 0 Å². The Bertz CT molecular complexity index is 1100. The van der Waals surface area contributed by atoms with Gasteiger partial charge in [-0.1, -0.05) is 48.5 Å². The molecule has 0 saturated carbocycles. The van der Waals surface area contributed by atoms with Crippen molar-refractivity contribution in [3.05, 3.63) is 84.2 Å². The molecule has 1 N–H and O–H groups in total. The van der Waals surface area contributed by atoms with Gasteiger partial charge in [0.25, 0.3) is 0 Å². The number of aromatic amines is 1. The first-order valence-corrected chi connectivity index (χ1v) is 8.54. The summed E-state index contributed by atoms with van der Waals surface area (Å²) < 4.78 is 0. The quantitative estimate of drug-likeness (QED) is 0.575. The van der Waals surface area contributed by atoms with Crippen LogP contribution < -0.4 is 0 Å². The van der Waals surface area contributed by atoms with E-state index >= 15 is 0 Å². The number of aromatic nitrogens is 3. The number of nitriles is 1. The van der Waals surface area contributed by atoms with Gasteiger partial charge in [0, 0.05) is 13.0 Å². The van der Waals surface area contributed by atoms with Crippen LogP contribution >= 0.6 is 0 Å². The molecule has 0 aliphatic carbocycles. The second-order valence-corrected chi connectivity index (χ2v) is 6.68. The third-order valence-corrected chi connectivity index (χ3v) is 4.81. The van der Waals surface area contributed by atoms with Gasteiger partial charge in [-0.25, -0.2) is 4.98 Å². The topological polar surface area (TPSA) is 65.4 Å². The predicted octanol–water partition coefficient (Wildman–Crippen LogP) is 4.89. The van der Waals surface area contributed by atoms with Crippen LogP contribution in [0.3, 0.4) is 0 Å². The maximum Gasteiger partial charge on any atom is 0.155 e. The maximum absolute atomic E-state index is 9.93. The summed E-state index contributed by atoms with van der Waals surface area (Å²) in [5.41, 5.74) is 4.45. The summed E-state index contributed by atoms with van der Waals surface area (Å²) in [4.78, 5) is 4.30. The Morgan fingerprint density at radius 1 is 1.12 bits per heavy atom. The molecule has 0 amide bonds. The van der Waals surface area contributed by atoms with Gasteiger partial charge in [-0.05, 0) is 47.7 Å². The number of fused-ring (bicyclic) bond motifs is 1. The van der Waals surface area contributed by atoms with Crippen molar-refractivity contribution in [2.24, 2.45) is 0 Å². The number of nitrogens with zero attached hydrogens (tertiary/aromatic N) is 3. The number of hydrogen-bond acceptors (Lipinski definition) is 3. The highest BCUT2D eigenvalue weighted by atomic mass is 15.1. The maximum atomic E-state index is 9.93. The lowest BCUT2D eigenvalue weighted by molar-refractivity contribution is 0.607. The third-order valence-electron chi connectivity index (χ3n) is 4.81. The molecule has 2 aromatic heterocycles. The summed E-state index contributed by atoms with van der Waals surface area (Å²) in [5, 5.41) is 17.9. The lowest BCUT2D eigenvalue weighted by Crippen LogP contribution is -2.22. The highest BCUT2D eigenvalue weighted by Gasteiger charge is 2.27. The Balaban J connectivity index is 0.00000210. The molecule has 0 fully saturated rings. The number of H-pyrrole nitrogens is 1. The minimum Gasteiger partial charge on any atom is -0.261 e. The molecule has 2 aromatic carbocycles. The van der Waals surface area contributed by atoms with Gasteiger partial charge < -0.3 is 0 Å². The Labute approximate surface area is 153 Å². The zero-order valence-corrected chi connectivity index (χ0v) is 14.5. The molecule has 0 aliphatic heterocycles. The second kappa shape index (κ2) is 6.45. The molecule has 0 saturated heterocycles. The Morgan fingerprint density at radius 2 is 1.96 bits per heavy atom. The number of nitrogens with one attached hydrogen (secondary N) is 1. The van der Waals surface area contributed by atoms with Gasteiger partial charge >= 0.3 is 0 Å². The SMILES string of the molecule is CC(C#N)(Cc1ccccc1)c1cccc(-c2ccnc3[nH]ncc23)c1.[HH]. The lowest BCUT2D eigenvalue weighted by atomic mass is 9.78. The number of hydrogen-bond donors (Lipinski definition) is 1. The molecule has 0 bridgehead atoms. The van der Waals surface area contributed by atoms with Gasteiger partial charge in [-0.3, -0.25) is 5.10 Å². The van der Waals surface area contributed by atoms with E-state index in [9.17, 15) is 5.26 Å². The van der Waals surface area contributed by atoms with Crippen LogP contribution in [0.25, 0.3) is 22.2 Å². The molecule has 0 spiro atoms. The summed E-state index contributed by atoms with van der Waals surface area (Å²) in [6, 6.07) is 22.9. The van der Waals surface area contributed by atoms with Gasteiger partial charge in [0.1, 0.15) is 0 Å². The summed E-state index contributed by atoms with van der Waals surface area (Å²) in [5.74, 6) is 0. The van der Waals surface area contributed by atoms with E-state index < -0.39 is 5.41 Å². The zero-order chi connectivity index (χ0) is 18.0. The smallest absolute Gasteiger partial charge is 0.155 e. The van der Waals surface area contributed by atoms with Crippen molar-refractivity contribution in [2.75, 3.05) is 0 Å². The van der Waals surface area contributed by atoms with E-state index in [1.54, 1.807) is 12.4 Å². The van der Waals surface area contributed by atoms with E-state index in [0.717, 1.165) is 33.3 Å². The molecule has 2 heterocycles. The molecular weight excluding hydrogens is 320 g/mol. The molecule has 4 nitrogen and oxygen atoms in total. The summed E-state index contributed by atoms with van der Waals surface area (Å²) in [6.45, 7) is 2.00. The predicted molar refractivity (Wildman–Crippen MR) is 105 cm³/mol. The third kappa shape index (κ3) is 2.84. The number of benzene rings is 2. The molecule has 128 valence electrons. The van der Waals surface area contributed by atoms with E-state index in [1.807, 2.05) is 43.3 Å². The molecule has 4 rings (SSSR count). The first-order valence-electron chi connectivity index (χ1n) is 8.54. The van der Waals surface area contributed by atoms with Crippen molar-refractivity contribution in [3.63, 3.8) is 0 Å². The minimum atomic E-state index is -0.597. The van der Waals surface area contributed by atoms with Gasteiger partial charge in [0.15, 0.2) is 5.65 Å². The second-order valence-electron chi connectivity index (χ2n) is 6.68. The van der Waals surface area contributed by atoms with Gasteiger partial charge in [0.05, 0.1) is 17.7 Å². The highest BCUT2D eigenvalue weighted by molar-refractivity contribution is 5.92. The molecule has 26 heavy (non-hydrogen) atoms. The Hall–Kier alpha value is -3.45. The van der Waals surface area contributed by atoms with E-state index in [4.69, 9.17) is 0 Å².